The second kappa shape index (κ2) is 5.73. The van der Waals surface area contributed by atoms with E-state index < -0.39 is 0 Å². The van der Waals surface area contributed by atoms with Crippen molar-refractivity contribution in [3.8, 4) is 0 Å². The predicted molar refractivity (Wildman–Crippen MR) is 71.6 cm³/mol. The van der Waals surface area contributed by atoms with E-state index in [1.165, 1.54) is 16.3 Å². The topological polar surface area (TPSA) is 48.8 Å². The molecule has 2 aromatic carbocycles. The standard InChI is InChI=1S/C14H13N3/c15-17-16-10-4-3-5-12-8-9-13-6-1-2-7-14(13)11-12/h1-3,5-9,11H,4,10H2. The van der Waals surface area contributed by atoms with Crippen molar-refractivity contribution >= 4 is 16.8 Å². The van der Waals surface area contributed by atoms with Crippen molar-refractivity contribution in [1.82, 2.24) is 0 Å². The third-order valence-corrected chi connectivity index (χ3v) is 2.54. The molecule has 17 heavy (non-hydrogen) atoms. The summed E-state index contributed by atoms with van der Waals surface area (Å²) < 4.78 is 0. The van der Waals surface area contributed by atoms with Gasteiger partial charge in [-0.2, -0.15) is 0 Å². The maximum absolute atomic E-state index is 8.14. The van der Waals surface area contributed by atoms with Crippen LogP contribution in [0.2, 0.25) is 0 Å². The molecule has 2 rings (SSSR count). The zero-order valence-corrected chi connectivity index (χ0v) is 9.45. The van der Waals surface area contributed by atoms with Gasteiger partial charge in [0.05, 0.1) is 0 Å². The molecule has 0 bridgehead atoms. The van der Waals surface area contributed by atoms with Gasteiger partial charge in [0.1, 0.15) is 0 Å². The van der Waals surface area contributed by atoms with E-state index in [1.54, 1.807) is 0 Å². The summed E-state index contributed by atoms with van der Waals surface area (Å²) in [6.45, 7) is 0.514. The molecule has 0 fully saturated rings. The molecule has 3 heteroatoms. The number of azide groups is 1. The molecule has 3 nitrogen and oxygen atoms in total. The van der Waals surface area contributed by atoms with Crippen LogP contribution in [0.3, 0.4) is 0 Å². The third kappa shape index (κ3) is 3.10. The van der Waals surface area contributed by atoms with Crippen LogP contribution in [0.5, 0.6) is 0 Å². The summed E-state index contributed by atoms with van der Waals surface area (Å²) in [5.74, 6) is 0. The zero-order chi connectivity index (χ0) is 11.9. The molecule has 0 spiro atoms. The number of nitrogens with zero attached hydrogens (tertiary/aromatic N) is 3. The zero-order valence-electron chi connectivity index (χ0n) is 9.45. The largest absolute Gasteiger partial charge is 0.0937 e. The molecular formula is C14H13N3. The lowest BCUT2D eigenvalue weighted by Gasteiger charge is -1.98. The first-order valence-electron chi connectivity index (χ1n) is 5.56. The monoisotopic (exact) mass is 223 g/mol. The minimum atomic E-state index is 0.514. The fourth-order valence-electron chi connectivity index (χ4n) is 1.71. The van der Waals surface area contributed by atoms with Crippen LogP contribution in [0.4, 0.5) is 0 Å². The molecule has 0 atom stereocenters. The van der Waals surface area contributed by atoms with Gasteiger partial charge in [0.15, 0.2) is 0 Å². The van der Waals surface area contributed by atoms with Crippen molar-refractivity contribution in [3.05, 3.63) is 64.5 Å². The first-order chi connectivity index (χ1) is 8.40. The van der Waals surface area contributed by atoms with E-state index >= 15 is 0 Å². The molecule has 0 saturated heterocycles. The van der Waals surface area contributed by atoms with E-state index in [-0.39, 0.29) is 0 Å². The predicted octanol–water partition coefficient (Wildman–Crippen LogP) is 4.55. The molecule has 0 aliphatic rings. The Bertz CT molecular complexity index is 581. The highest BCUT2D eigenvalue weighted by atomic mass is 15.1. The molecule has 0 heterocycles. The number of hydrogen-bond donors (Lipinski definition) is 0. The average Bonchev–Trinajstić information content (AvgIpc) is 2.38. The molecule has 0 aliphatic heterocycles. The van der Waals surface area contributed by atoms with E-state index in [0.717, 1.165) is 6.42 Å². The van der Waals surface area contributed by atoms with Gasteiger partial charge in [-0.25, -0.2) is 0 Å². The quantitative estimate of drug-likeness (QED) is 0.316. The van der Waals surface area contributed by atoms with E-state index in [4.69, 9.17) is 5.53 Å². The Morgan fingerprint density at radius 3 is 2.76 bits per heavy atom. The summed E-state index contributed by atoms with van der Waals surface area (Å²) in [6, 6.07) is 14.6. The van der Waals surface area contributed by atoms with E-state index in [9.17, 15) is 0 Å². The second-order valence-corrected chi connectivity index (χ2v) is 3.75. The van der Waals surface area contributed by atoms with Gasteiger partial charge in [-0.15, -0.1) is 0 Å². The van der Waals surface area contributed by atoms with Crippen molar-refractivity contribution < 1.29 is 0 Å². The fraction of sp³-hybridized carbons (Fsp3) is 0.143. The number of rotatable bonds is 4. The van der Waals surface area contributed by atoms with Gasteiger partial charge >= 0.3 is 0 Å². The van der Waals surface area contributed by atoms with Gasteiger partial charge in [-0.3, -0.25) is 0 Å². The maximum atomic E-state index is 8.14. The molecular weight excluding hydrogens is 210 g/mol. The number of fused-ring (bicyclic) bond motifs is 1. The van der Waals surface area contributed by atoms with Crippen LogP contribution in [0.1, 0.15) is 12.0 Å². The van der Waals surface area contributed by atoms with Crippen molar-refractivity contribution in [2.24, 2.45) is 5.11 Å². The van der Waals surface area contributed by atoms with Crippen LogP contribution in [-0.2, 0) is 0 Å². The molecule has 0 aromatic heterocycles. The lowest BCUT2D eigenvalue weighted by atomic mass is 10.1. The molecule has 0 amide bonds. The van der Waals surface area contributed by atoms with Crippen molar-refractivity contribution in [2.45, 2.75) is 6.42 Å². The van der Waals surface area contributed by atoms with E-state index in [0.29, 0.717) is 6.54 Å². The molecule has 0 unspecified atom stereocenters. The minimum Gasteiger partial charge on any atom is -0.0937 e. The van der Waals surface area contributed by atoms with E-state index in [2.05, 4.69) is 46.4 Å². The van der Waals surface area contributed by atoms with Crippen LogP contribution >= 0.6 is 0 Å². The van der Waals surface area contributed by atoms with Crippen LogP contribution in [0.25, 0.3) is 27.3 Å². The Labute approximate surface area is 100 Å². The van der Waals surface area contributed by atoms with Crippen molar-refractivity contribution in [3.63, 3.8) is 0 Å². The number of benzene rings is 2. The van der Waals surface area contributed by atoms with Gasteiger partial charge in [-0.05, 0) is 34.4 Å². The second-order valence-electron chi connectivity index (χ2n) is 3.75. The maximum Gasteiger partial charge on any atom is 0.0292 e. The summed E-state index contributed by atoms with van der Waals surface area (Å²) in [7, 11) is 0. The molecule has 0 radical (unpaired) electrons. The SMILES string of the molecule is [N-]=[N+]=NCCC=Cc1ccc2ccccc2c1. The number of hydrogen-bond acceptors (Lipinski definition) is 1. The normalized spacial score (nSPS) is 10.6. The highest BCUT2D eigenvalue weighted by Gasteiger charge is 1.92. The smallest absolute Gasteiger partial charge is 0.0292 e. The Balaban J connectivity index is 2.11. The van der Waals surface area contributed by atoms with Gasteiger partial charge in [-0.1, -0.05) is 53.7 Å². The lowest BCUT2D eigenvalue weighted by molar-refractivity contribution is 0.996. The summed E-state index contributed by atoms with van der Waals surface area (Å²) in [5.41, 5.74) is 9.31. The fourth-order valence-corrected chi connectivity index (χ4v) is 1.71. The van der Waals surface area contributed by atoms with Crippen molar-refractivity contribution in [1.29, 1.82) is 0 Å². The van der Waals surface area contributed by atoms with Gasteiger partial charge in [0, 0.05) is 11.5 Å². The lowest BCUT2D eigenvalue weighted by Crippen LogP contribution is -1.76. The Hall–Kier alpha value is -2.25. The Morgan fingerprint density at radius 1 is 1.12 bits per heavy atom. The van der Waals surface area contributed by atoms with Gasteiger partial charge in [0.2, 0.25) is 0 Å². The highest BCUT2D eigenvalue weighted by molar-refractivity contribution is 5.84. The van der Waals surface area contributed by atoms with Crippen LogP contribution in [0, 0.1) is 0 Å². The van der Waals surface area contributed by atoms with Gasteiger partial charge < -0.3 is 0 Å². The molecule has 2 aromatic rings. The molecule has 84 valence electrons. The summed E-state index contributed by atoms with van der Waals surface area (Å²) in [6.07, 6.45) is 4.86. The minimum absolute atomic E-state index is 0.514. The van der Waals surface area contributed by atoms with Crippen LogP contribution < -0.4 is 0 Å². The van der Waals surface area contributed by atoms with Gasteiger partial charge in [0.25, 0.3) is 0 Å². The van der Waals surface area contributed by atoms with Crippen LogP contribution in [-0.4, -0.2) is 6.54 Å². The first kappa shape index (κ1) is 11.2. The van der Waals surface area contributed by atoms with Crippen LogP contribution in [0.15, 0.2) is 53.7 Å². The third-order valence-electron chi connectivity index (χ3n) is 2.54. The molecule has 0 saturated carbocycles. The van der Waals surface area contributed by atoms with Crippen molar-refractivity contribution in [2.75, 3.05) is 6.54 Å². The summed E-state index contributed by atoms with van der Waals surface area (Å²) >= 11 is 0. The Kier molecular flexibility index (Phi) is 3.79. The molecule has 0 N–H and O–H groups in total. The summed E-state index contributed by atoms with van der Waals surface area (Å²) in [4.78, 5) is 2.71. The molecule has 0 aliphatic carbocycles. The average molecular weight is 223 g/mol. The first-order valence-corrected chi connectivity index (χ1v) is 5.56. The summed E-state index contributed by atoms with van der Waals surface area (Å²) in [5, 5.41) is 5.97. The Morgan fingerprint density at radius 2 is 1.94 bits per heavy atom. The highest BCUT2D eigenvalue weighted by Crippen LogP contribution is 2.16. The van der Waals surface area contributed by atoms with E-state index in [1.807, 2.05) is 18.2 Å².